The van der Waals surface area contributed by atoms with Crippen molar-refractivity contribution in [2.75, 3.05) is 0 Å². The Morgan fingerprint density at radius 3 is 2.42 bits per heavy atom. The highest BCUT2D eigenvalue weighted by atomic mass is 35.5. The first kappa shape index (κ1) is 18.1. The first-order chi connectivity index (χ1) is 11.3. The fourth-order valence-corrected chi connectivity index (χ4v) is 2.58. The van der Waals surface area contributed by atoms with Crippen molar-refractivity contribution in [2.24, 2.45) is 0 Å². The number of carboxylic acids is 1. The number of alkyl carbamates (subject to hydrolysis) is 1. The van der Waals surface area contributed by atoms with E-state index in [9.17, 15) is 14.7 Å². The third-order valence-corrected chi connectivity index (χ3v) is 4.30. The van der Waals surface area contributed by atoms with Gasteiger partial charge in [-0.3, -0.25) is 0 Å². The van der Waals surface area contributed by atoms with Gasteiger partial charge in [-0.15, -0.1) is 0 Å². The molecule has 0 fully saturated rings. The SMILES string of the molecule is CC(NC(=O)OCc1ccccc1)(C(=O)O)c1cccc(Cl)c1Cl. The van der Waals surface area contributed by atoms with Crippen LogP contribution in [-0.2, 0) is 21.7 Å². The number of rotatable bonds is 5. The summed E-state index contributed by atoms with van der Waals surface area (Å²) in [5.74, 6) is -1.29. The van der Waals surface area contributed by atoms with Gasteiger partial charge in [0.1, 0.15) is 6.61 Å². The second-order valence-electron chi connectivity index (χ2n) is 5.22. The number of halogens is 2. The summed E-state index contributed by atoms with van der Waals surface area (Å²) in [6.07, 6.45) is -0.875. The van der Waals surface area contributed by atoms with Crippen LogP contribution < -0.4 is 5.32 Å². The number of benzene rings is 2. The molecule has 0 heterocycles. The molecule has 2 N–H and O–H groups in total. The topological polar surface area (TPSA) is 75.6 Å². The molecule has 0 saturated carbocycles. The Morgan fingerprint density at radius 2 is 1.79 bits per heavy atom. The summed E-state index contributed by atoms with van der Waals surface area (Å²) in [6, 6.07) is 13.6. The zero-order chi connectivity index (χ0) is 17.7. The van der Waals surface area contributed by atoms with Crippen molar-refractivity contribution in [3.05, 3.63) is 69.7 Å². The third-order valence-electron chi connectivity index (χ3n) is 3.48. The van der Waals surface area contributed by atoms with Crippen molar-refractivity contribution >= 4 is 35.3 Å². The quantitative estimate of drug-likeness (QED) is 0.829. The van der Waals surface area contributed by atoms with E-state index in [0.29, 0.717) is 0 Å². The minimum absolute atomic E-state index is 0.0195. The second kappa shape index (κ2) is 7.55. The predicted molar refractivity (Wildman–Crippen MR) is 91.2 cm³/mol. The van der Waals surface area contributed by atoms with Gasteiger partial charge in [-0.1, -0.05) is 65.7 Å². The smallest absolute Gasteiger partial charge is 0.408 e. The molecule has 1 unspecified atom stereocenters. The van der Waals surface area contributed by atoms with Crippen LogP contribution in [0.25, 0.3) is 0 Å². The Kier molecular flexibility index (Phi) is 5.70. The lowest BCUT2D eigenvalue weighted by atomic mass is 9.92. The summed E-state index contributed by atoms with van der Waals surface area (Å²) in [7, 11) is 0. The molecule has 0 aliphatic rings. The van der Waals surface area contributed by atoms with E-state index in [1.54, 1.807) is 18.2 Å². The third kappa shape index (κ3) is 3.99. The van der Waals surface area contributed by atoms with E-state index in [0.717, 1.165) is 5.56 Å². The highest BCUT2D eigenvalue weighted by Crippen LogP contribution is 2.33. The predicted octanol–water partition coefficient (Wildman–Crippen LogP) is 4.22. The van der Waals surface area contributed by atoms with Gasteiger partial charge in [0.2, 0.25) is 0 Å². The Hall–Kier alpha value is -2.24. The Labute approximate surface area is 149 Å². The highest BCUT2D eigenvalue weighted by Gasteiger charge is 2.39. The van der Waals surface area contributed by atoms with Crippen LogP contribution in [0.4, 0.5) is 4.79 Å². The molecule has 2 aromatic rings. The molecule has 7 heteroatoms. The van der Waals surface area contributed by atoms with E-state index in [-0.39, 0.29) is 22.2 Å². The van der Waals surface area contributed by atoms with Crippen LogP contribution in [0, 0.1) is 0 Å². The zero-order valence-corrected chi connectivity index (χ0v) is 14.3. The van der Waals surface area contributed by atoms with Crippen molar-refractivity contribution < 1.29 is 19.4 Å². The van der Waals surface area contributed by atoms with Gasteiger partial charge in [0.15, 0.2) is 5.54 Å². The molecule has 0 spiro atoms. The summed E-state index contributed by atoms with van der Waals surface area (Å²) >= 11 is 12.0. The van der Waals surface area contributed by atoms with Gasteiger partial charge in [0.05, 0.1) is 10.0 Å². The monoisotopic (exact) mass is 367 g/mol. The highest BCUT2D eigenvalue weighted by molar-refractivity contribution is 6.42. The average molecular weight is 368 g/mol. The van der Waals surface area contributed by atoms with E-state index < -0.39 is 17.6 Å². The number of hydrogen-bond acceptors (Lipinski definition) is 3. The van der Waals surface area contributed by atoms with E-state index >= 15 is 0 Å². The lowest BCUT2D eigenvalue weighted by Gasteiger charge is -2.27. The van der Waals surface area contributed by atoms with Gasteiger partial charge < -0.3 is 15.2 Å². The molecule has 126 valence electrons. The second-order valence-corrected chi connectivity index (χ2v) is 6.00. The minimum atomic E-state index is -1.78. The maximum Gasteiger partial charge on any atom is 0.408 e. The normalized spacial score (nSPS) is 13.0. The van der Waals surface area contributed by atoms with Gasteiger partial charge in [-0.25, -0.2) is 9.59 Å². The molecule has 0 aliphatic carbocycles. The first-order valence-electron chi connectivity index (χ1n) is 7.01. The Balaban J connectivity index is 2.17. The van der Waals surface area contributed by atoms with Crippen molar-refractivity contribution in [1.82, 2.24) is 5.32 Å². The molecule has 0 aliphatic heterocycles. The summed E-state index contributed by atoms with van der Waals surface area (Å²) in [5, 5.41) is 12.2. The number of hydrogen-bond donors (Lipinski definition) is 2. The van der Waals surface area contributed by atoms with Gasteiger partial charge >= 0.3 is 12.1 Å². The summed E-state index contributed by atoms with van der Waals surface area (Å²) in [5.41, 5.74) is -0.832. The molecule has 0 saturated heterocycles. The molecule has 1 amide bonds. The lowest BCUT2D eigenvalue weighted by molar-refractivity contribution is -0.144. The molecular formula is C17H15Cl2NO4. The van der Waals surface area contributed by atoms with Gasteiger partial charge in [0.25, 0.3) is 0 Å². The van der Waals surface area contributed by atoms with Crippen molar-refractivity contribution in [3.63, 3.8) is 0 Å². The number of ether oxygens (including phenoxy) is 1. The molecule has 0 bridgehead atoms. The molecule has 0 radical (unpaired) electrons. The number of aliphatic carboxylic acids is 1. The summed E-state index contributed by atoms with van der Waals surface area (Å²) in [4.78, 5) is 23.8. The lowest BCUT2D eigenvalue weighted by Crippen LogP contribution is -2.49. The van der Waals surface area contributed by atoms with Gasteiger partial charge in [-0.05, 0) is 18.6 Å². The standard InChI is InChI=1S/C17H15Cl2NO4/c1-17(15(21)22,12-8-5-9-13(18)14(12)19)20-16(23)24-10-11-6-3-2-4-7-11/h2-9H,10H2,1H3,(H,20,23)(H,21,22). The maximum atomic E-state index is 12.0. The van der Waals surface area contributed by atoms with Crippen LogP contribution in [-0.4, -0.2) is 17.2 Å². The van der Waals surface area contributed by atoms with E-state index in [4.69, 9.17) is 27.9 Å². The van der Waals surface area contributed by atoms with Crippen molar-refractivity contribution in [3.8, 4) is 0 Å². The van der Waals surface area contributed by atoms with E-state index in [1.807, 2.05) is 18.2 Å². The zero-order valence-electron chi connectivity index (χ0n) is 12.8. The molecule has 1 atom stereocenters. The van der Waals surface area contributed by atoms with Crippen LogP contribution in [0.2, 0.25) is 10.0 Å². The number of nitrogens with one attached hydrogen (secondary N) is 1. The average Bonchev–Trinajstić information content (AvgIpc) is 2.56. The fraction of sp³-hybridized carbons (Fsp3) is 0.176. The number of carbonyl (C=O) groups excluding carboxylic acids is 1. The van der Waals surface area contributed by atoms with Crippen molar-refractivity contribution in [1.29, 1.82) is 0 Å². The molecular weight excluding hydrogens is 353 g/mol. The van der Waals surface area contributed by atoms with Crippen LogP contribution in [0.1, 0.15) is 18.1 Å². The van der Waals surface area contributed by atoms with E-state index in [1.165, 1.54) is 19.1 Å². The molecule has 5 nitrogen and oxygen atoms in total. The largest absolute Gasteiger partial charge is 0.479 e. The maximum absolute atomic E-state index is 12.0. The number of carboxylic acid groups (broad SMARTS) is 1. The van der Waals surface area contributed by atoms with Crippen LogP contribution >= 0.6 is 23.2 Å². The molecule has 24 heavy (non-hydrogen) atoms. The number of carbonyl (C=O) groups is 2. The van der Waals surface area contributed by atoms with Crippen LogP contribution in [0.3, 0.4) is 0 Å². The van der Waals surface area contributed by atoms with Crippen molar-refractivity contribution in [2.45, 2.75) is 19.1 Å². The van der Waals surface area contributed by atoms with Gasteiger partial charge in [-0.2, -0.15) is 0 Å². The fourth-order valence-electron chi connectivity index (χ4n) is 2.09. The number of amides is 1. The molecule has 2 rings (SSSR count). The Morgan fingerprint density at radius 1 is 1.12 bits per heavy atom. The van der Waals surface area contributed by atoms with Gasteiger partial charge in [0, 0.05) is 5.56 Å². The van der Waals surface area contributed by atoms with Crippen LogP contribution in [0.15, 0.2) is 48.5 Å². The molecule has 0 aromatic heterocycles. The van der Waals surface area contributed by atoms with E-state index in [2.05, 4.69) is 5.32 Å². The summed E-state index contributed by atoms with van der Waals surface area (Å²) in [6.45, 7) is 1.34. The molecule has 2 aromatic carbocycles. The summed E-state index contributed by atoms with van der Waals surface area (Å²) < 4.78 is 5.08. The minimum Gasteiger partial charge on any atom is -0.479 e. The van der Waals surface area contributed by atoms with Crippen LogP contribution in [0.5, 0.6) is 0 Å². The Bertz CT molecular complexity index is 752. The first-order valence-corrected chi connectivity index (χ1v) is 7.77.